The van der Waals surface area contributed by atoms with E-state index in [1.165, 1.54) is 7.11 Å². The minimum atomic E-state index is -3.46. The molecule has 2 rings (SSSR count). The fourth-order valence-electron chi connectivity index (χ4n) is 3.57. The second-order valence-electron chi connectivity index (χ2n) is 6.39. The summed E-state index contributed by atoms with van der Waals surface area (Å²) in [5.74, 6) is -0.377. The Bertz CT molecular complexity index is 460. The maximum Gasteiger partial charge on any atom is 0.310 e. The zero-order chi connectivity index (χ0) is 16.0. The summed E-state index contributed by atoms with van der Waals surface area (Å²) in [6.07, 6.45) is 6.05. The Kier molecular flexibility index (Phi) is 6.65. The van der Waals surface area contributed by atoms with Gasteiger partial charge in [-0.25, -0.2) is 13.1 Å². The van der Waals surface area contributed by atoms with Crippen molar-refractivity contribution >= 4 is 16.0 Å². The molecule has 1 saturated heterocycles. The van der Waals surface area contributed by atoms with Gasteiger partial charge in [-0.3, -0.25) is 4.79 Å². The summed E-state index contributed by atoms with van der Waals surface area (Å²) < 4.78 is 32.5. The summed E-state index contributed by atoms with van der Waals surface area (Å²) in [6.45, 7) is 2.49. The van der Waals surface area contributed by atoms with Crippen LogP contribution in [0.3, 0.4) is 0 Å². The number of carbonyl (C=O) groups excluding carboxylic acids is 1. The Labute approximate surface area is 133 Å². The van der Waals surface area contributed by atoms with Crippen LogP contribution in [0.1, 0.15) is 44.9 Å². The van der Waals surface area contributed by atoms with Crippen molar-refractivity contribution in [3.8, 4) is 0 Å². The van der Waals surface area contributed by atoms with Gasteiger partial charge in [0.25, 0.3) is 0 Å². The SMILES string of the molecule is COC(=O)C1CCCCC1S(=O)(=O)NCCC1CCCNC1. The number of methoxy groups -OCH3 is 1. The molecule has 128 valence electrons. The molecule has 2 N–H and O–H groups in total. The van der Waals surface area contributed by atoms with E-state index in [0.717, 1.165) is 45.2 Å². The van der Waals surface area contributed by atoms with E-state index in [4.69, 9.17) is 4.74 Å². The highest BCUT2D eigenvalue weighted by Crippen LogP contribution is 2.30. The number of carbonyl (C=O) groups is 1. The quantitative estimate of drug-likeness (QED) is 0.710. The van der Waals surface area contributed by atoms with Crippen molar-refractivity contribution in [3.63, 3.8) is 0 Å². The zero-order valence-corrected chi connectivity index (χ0v) is 14.2. The van der Waals surface area contributed by atoms with Crippen LogP contribution >= 0.6 is 0 Å². The number of piperidine rings is 1. The van der Waals surface area contributed by atoms with Gasteiger partial charge in [0.1, 0.15) is 0 Å². The van der Waals surface area contributed by atoms with Gasteiger partial charge >= 0.3 is 5.97 Å². The molecule has 0 radical (unpaired) electrons. The molecule has 0 aromatic rings. The first-order valence-electron chi connectivity index (χ1n) is 8.31. The van der Waals surface area contributed by atoms with Crippen molar-refractivity contribution < 1.29 is 17.9 Å². The van der Waals surface area contributed by atoms with Crippen molar-refractivity contribution in [1.29, 1.82) is 0 Å². The molecule has 0 aromatic carbocycles. The molecule has 3 unspecified atom stereocenters. The first-order valence-corrected chi connectivity index (χ1v) is 9.86. The molecule has 1 aliphatic carbocycles. The Morgan fingerprint density at radius 2 is 2.00 bits per heavy atom. The third-order valence-electron chi connectivity index (χ3n) is 4.86. The van der Waals surface area contributed by atoms with Crippen LogP contribution < -0.4 is 10.0 Å². The summed E-state index contributed by atoms with van der Waals surface area (Å²) in [4.78, 5) is 11.8. The average molecular weight is 332 g/mol. The molecule has 2 fully saturated rings. The number of hydrogen-bond acceptors (Lipinski definition) is 5. The summed E-state index contributed by atoms with van der Waals surface area (Å²) in [6, 6.07) is 0. The van der Waals surface area contributed by atoms with E-state index < -0.39 is 27.2 Å². The number of nitrogens with one attached hydrogen (secondary N) is 2. The molecule has 3 atom stereocenters. The highest BCUT2D eigenvalue weighted by molar-refractivity contribution is 7.90. The number of esters is 1. The van der Waals surface area contributed by atoms with Gasteiger partial charge in [-0.2, -0.15) is 0 Å². The van der Waals surface area contributed by atoms with Crippen molar-refractivity contribution in [2.24, 2.45) is 11.8 Å². The largest absolute Gasteiger partial charge is 0.469 e. The van der Waals surface area contributed by atoms with Gasteiger partial charge < -0.3 is 10.1 Å². The molecule has 1 aliphatic heterocycles. The number of rotatable bonds is 6. The van der Waals surface area contributed by atoms with E-state index in [0.29, 0.717) is 25.3 Å². The van der Waals surface area contributed by atoms with Gasteiger partial charge in [-0.1, -0.05) is 12.8 Å². The van der Waals surface area contributed by atoms with E-state index in [-0.39, 0.29) is 0 Å². The lowest BCUT2D eigenvalue weighted by atomic mass is 9.89. The summed E-state index contributed by atoms with van der Waals surface area (Å²) in [5.41, 5.74) is 0. The predicted molar refractivity (Wildman–Crippen MR) is 84.9 cm³/mol. The van der Waals surface area contributed by atoms with Crippen LogP contribution in [0.5, 0.6) is 0 Å². The van der Waals surface area contributed by atoms with Gasteiger partial charge in [-0.05, 0) is 51.1 Å². The highest BCUT2D eigenvalue weighted by atomic mass is 32.2. The predicted octanol–water partition coefficient (Wildman–Crippen LogP) is 1.03. The van der Waals surface area contributed by atoms with E-state index in [2.05, 4.69) is 10.0 Å². The maximum atomic E-state index is 12.5. The molecule has 22 heavy (non-hydrogen) atoms. The lowest BCUT2D eigenvalue weighted by molar-refractivity contribution is -0.146. The molecular formula is C15H28N2O4S. The van der Waals surface area contributed by atoms with Crippen molar-refractivity contribution in [2.75, 3.05) is 26.7 Å². The molecule has 2 aliphatic rings. The van der Waals surface area contributed by atoms with E-state index in [1.807, 2.05) is 0 Å². The minimum Gasteiger partial charge on any atom is -0.469 e. The molecule has 0 amide bonds. The molecule has 0 aromatic heterocycles. The van der Waals surface area contributed by atoms with E-state index >= 15 is 0 Å². The van der Waals surface area contributed by atoms with Crippen LogP contribution in [0.4, 0.5) is 0 Å². The molecule has 1 heterocycles. The molecule has 7 heteroatoms. The average Bonchev–Trinajstić information content (AvgIpc) is 2.55. The van der Waals surface area contributed by atoms with E-state index in [1.54, 1.807) is 0 Å². The second kappa shape index (κ2) is 8.26. The van der Waals surface area contributed by atoms with Gasteiger partial charge in [-0.15, -0.1) is 0 Å². The third kappa shape index (κ3) is 4.67. The first-order chi connectivity index (χ1) is 10.5. The fourth-order valence-corrected chi connectivity index (χ4v) is 5.35. The normalized spacial score (nSPS) is 30.0. The Balaban J connectivity index is 1.88. The van der Waals surface area contributed by atoms with Gasteiger partial charge in [0.2, 0.25) is 10.0 Å². The van der Waals surface area contributed by atoms with Crippen molar-refractivity contribution in [3.05, 3.63) is 0 Å². The lowest BCUT2D eigenvalue weighted by Crippen LogP contribution is -2.44. The molecular weight excluding hydrogens is 304 g/mol. The topological polar surface area (TPSA) is 84.5 Å². The maximum absolute atomic E-state index is 12.5. The number of hydrogen-bond donors (Lipinski definition) is 2. The first kappa shape index (κ1) is 17.7. The Morgan fingerprint density at radius 1 is 1.23 bits per heavy atom. The monoisotopic (exact) mass is 332 g/mol. The van der Waals surface area contributed by atoms with Gasteiger partial charge in [0, 0.05) is 6.54 Å². The zero-order valence-electron chi connectivity index (χ0n) is 13.3. The fraction of sp³-hybridized carbons (Fsp3) is 0.933. The van der Waals surface area contributed by atoms with Crippen molar-refractivity contribution in [1.82, 2.24) is 10.0 Å². The number of sulfonamides is 1. The molecule has 1 saturated carbocycles. The molecule has 0 bridgehead atoms. The lowest BCUT2D eigenvalue weighted by Gasteiger charge is -2.29. The Hall–Kier alpha value is -0.660. The summed E-state index contributed by atoms with van der Waals surface area (Å²) >= 11 is 0. The summed E-state index contributed by atoms with van der Waals surface area (Å²) in [7, 11) is -2.14. The smallest absolute Gasteiger partial charge is 0.310 e. The molecule has 6 nitrogen and oxygen atoms in total. The van der Waals surface area contributed by atoms with E-state index in [9.17, 15) is 13.2 Å². The number of ether oxygens (including phenoxy) is 1. The van der Waals surface area contributed by atoms with Crippen molar-refractivity contribution in [2.45, 2.75) is 50.2 Å². The minimum absolute atomic E-state index is 0.397. The van der Waals surface area contributed by atoms with Crippen LogP contribution in [0.25, 0.3) is 0 Å². The standard InChI is InChI=1S/C15H28N2O4S/c1-21-15(18)13-6-2-3-7-14(13)22(19,20)17-10-8-12-5-4-9-16-11-12/h12-14,16-17H,2-11H2,1H3. The Morgan fingerprint density at radius 3 is 2.68 bits per heavy atom. The highest BCUT2D eigenvalue weighted by Gasteiger charge is 2.40. The van der Waals surface area contributed by atoms with Crippen LogP contribution in [-0.4, -0.2) is 46.4 Å². The third-order valence-corrected chi connectivity index (χ3v) is 6.83. The molecule has 0 spiro atoms. The second-order valence-corrected chi connectivity index (χ2v) is 8.38. The van der Waals surface area contributed by atoms with Crippen LogP contribution in [0.15, 0.2) is 0 Å². The van der Waals surface area contributed by atoms with Crippen LogP contribution in [0, 0.1) is 11.8 Å². The van der Waals surface area contributed by atoms with Crippen LogP contribution in [0.2, 0.25) is 0 Å². The van der Waals surface area contributed by atoms with Gasteiger partial charge in [0.05, 0.1) is 18.3 Å². The van der Waals surface area contributed by atoms with Crippen LogP contribution in [-0.2, 0) is 19.6 Å². The van der Waals surface area contributed by atoms with Gasteiger partial charge in [0.15, 0.2) is 0 Å². The summed E-state index contributed by atoms with van der Waals surface area (Å²) in [5, 5.41) is 2.70.